The molecule has 2 aliphatic carbocycles. The summed E-state index contributed by atoms with van der Waals surface area (Å²) in [5.41, 5.74) is 8.97. The van der Waals surface area contributed by atoms with Crippen LogP contribution < -0.4 is 0 Å². The predicted molar refractivity (Wildman–Crippen MR) is 98.7 cm³/mol. The summed E-state index contributed by atoms with van der Waals surface area (Å²) in [4.78, 5) is 0. The highest BCUT2D eigenvalue weighted by atomic mass is 14.1. The number of benzene rings is 2. The summed E-state index contributed by atoms with van der Waals surface area (Å²) in [5.74, 6) is 0. The first kappa shape index (κ1) is 13.8. The lowest BCUT2D eigenvalue weighted by molar-refractivity contribution is 1.47. The summed E-state index contributed by atoms with van der Waals surface area (Å²) in [6, 6.07) is 32.6. The van der Waals surface area contributed by atoms with Crippen LogP contribution in [0.1, 0.15) is 5.56 Å². The molecule has 0 saturated heterocycles. The molecule has 0 unspecified atom stereocenters. The first-order valence-corrected chi connectivity index (χ1v) is 7.96. The van der Waals surface area contributed by atoms with Gasteiger partial charge in [-0.25, -0.2) is 0 Å². The topological polar surface area (TPSA) is 0 Å². The van der Waals surface area contributed by atoms with Crippen LogP contribution in [0.5, 0.6) is 0 Å². The molecule has 0 nitrogen and oxygen atoms in total. The lowest BCUT2D eigenvalue weighted by atomic mass is 9.98. The van der Waals surface area contributed by atoms with Crippen LogP contribution in [0.15, 0.2) is 91.0 Å². The van der Waals surface area contributed by atoms with Gasteiger partial charge in [-0.05, 0) is 40.3 Å². The second-order valence-electron chi connectivity index (χ2n) is 5.97. The molecule has 0 N–H and O–H groups in total. The third-order valence-corrected chi connectivity index (χ3v) is 4.37. The second kappa shape index (κ2) is 5.73. The molecule has 0 saturated carbocycles. The Morgan fingerprint density at radius 1 is 0.391 bits per heavy atom. The third-order valence-electron chi connectivity index (χ3n) is 4.37. The van der Waals surface area contributed by atoms with Crippen LogP contribution in [-0.2, 0) is 0 Å². The van der Waals surface area contributed by atoms with Gasteiger partial charge in [0.1, 0.15) is 0 Å². The van der Waals surface area contributed by atoms with Gasteiger partial charge >= 0.3 is 0 Å². The Labute approximate surface area is 137 Å². The Bertz CT molecular complexity index is 899. The zero-order chi connectivity index (χ0) is 15.6. The summed E-state index contributed by atoms with van der Waals surface area (Å²) in [6.45, 7) is 2.12. The number of aryl methyl sites for hydroxylation is 1. The zero-order valence-corrected chi connectivity index (χ0v) is 13.2. The Morgan fingerprint density at radius 3 is 1.61 bits per heavy atom. The molecule has 0 fully saturated rings. The third kappa shape index (κ3) is 2.64. The van der Waals surface area contributed by atoms with Crippen LogP contribution in [0.25, 0.3) is 33.4 Å². The van der Waals surface area contributed by atoms with E-state index in [4.69, 9.17) is 0 Å². The van der Waals surface area contributed by atoms with E-state index in [2.05, 4.69) is 97.9 Å². The molecule has 110 valence electrons. The lowest BCUT2D eigenvalue weighted by Gasteiger charge is -2.06. The summed E-state index contributed by atoms with van der Waals surface area (Å²) < 4.78 is 0. The van der Waals surface area contributed by atoms with Gasteiger partial charge in [0, 0.05) is 0 Å². The van der Waals surface area contributed by atoms with E-state index in [1.54, 1.807) is 0 Å². The van der Waals surface area contributed by atoms with Crippen molar-refractivity contribution in [3.63, 3.8) is 0 Å². The number of rotatable bonds is 2. The highest BCUT2D eigenvalue weighted by Gasteiger charge is 2.09. The maximum absolute atomic E-state index is 2.22. The standard InChI is InChI=1S/C23H18/c1-17-7-9-18(10-8-17)19-11-13-21(14-12-19)23-16-15-20-5-3-2-4-6-22(20)23/h2-16H,1H3. The zero-order valence-electron chi connectivity index (χ0n) is 13.2. The number of hydrogen-bond acceptors (Lipinski definition) is 0. The van der Waals surface area contributed by atoms with Crippen LogP contribution in [0.2, 0.25) is 0 Å². The summed E-state index contributed by atoms with van der Waals surface area (Å²) in [7, 11) is 0. The van der Waals surface area contributed by atoms with Crippen molar-refractivity contribution in [3.05, 3.63) is 96.6 Å². The summed E-state index contributed by atoms with van der Waals surface area (Å²) in [5, 5.41) is 0. The van der Waals surface area contributed by atoms with Gasteiger partial charge in [-0.2, -0.15) is 0 Å². The highest BCUT2D eigenvalue weighted by Crippen LogP contribution is 2.35. The molecule has 4 rings (SSSR count). The van der Waals surface area contributed by atoms with Crippen molar-refractivity contribution in [2.45, 2.75) is 6.92 Å². The molecule has 0 spiro atoms. The van der Waals surface area contributed by atoms with Gasteiger partial charge in [-0.15, -0.1) is 0 Å². The van der Waals surface area contributed by atoms with Crippen LogP contribution in [-0.4, -0.2) is 0 Å². The minimum atomic E-state index is 1.26. The fourth-order valence-corrected chi connectivity index (χ4v) is 3.05. The molecule has 0 aliphatic heterocycles. The molecule has 2 aromatic rings. The van der Waals surface area contributed by atoms with E-state index in [1.165, 1.54) is 38.9 Å². The van der Waals surface area contributed by atoms with Crippen molar-refractivity contribution >= 4 is 0 Å². The fraction of sp³-hybridized carbons (Fsp3) is 0.0435. The van der Waals surface area contributed by atoms with E-state index in [0.29, 0.717) is 0 Å². The van der Waals surface area contributed by atoms with Gasteiger partial charge in [0.2, 0.25) is 0 Å². The molecule has 0 radical (unpaired) electrons. The first-order chi connectivity index (χ1) is 11.3. The van der Waals surface area contributed by atoms with Gasteiger partial charge in [-0.3, -0.25) is 0 Å². The van der Waals surface area contributed by atoms with E-state index in [-0.39, 0.29) is 0 Å². The Hall–Kier alpha value is -2.86. The van der Waals surface area contributed by atoms with Crippen LogP contribution in [0.3, 0.4) is 0 Å². The summed E-state index contributed by atoms with van der Waals surface area (Å²) >= 11 is 0. The van der Waals surface area contributed by atoms with E-state index < -0.39 is 0 Å². The first-order valence-electron chi connectivity index (χ1n) is 7.96. The lowest BCUT2D eigenvalue weighted by Crippen LogP contribution is -1.81. The molecule has 2 aromatic carbocycles. The van der Waals surface area contributed by atoms with Crippen LogP contribution in [0.4, 0.5) is 0 Å². The number of fused-ring (bicyclic) bond motifs is 1. The van der Waals surface area contributed by atoms with Crippen molar-refractivity contribution in [1.29, 1.82) is 0 Å². The van der Waals surface area contributed by atoms with Gasteiger partial charge in [0.15, 0.2) is 0 Å². The molecule has 0 amide bonds. The van der Waals surface area contributed by atoms with Crippen molar-refractivity contribution in [2.75, 3.05) is 0 Å². The van der Waals surface area contributed by atoms with Crippen LogP contribution >= 0.6 is 0 Å². The minimum absolute atomic E-state index is 1.26. The van der Waals surface area contributed by atoms with Crippen molar-refractivity contribution in [2.24, 2.45) is 0 Å². The second-order valence-corrected chi connectivity index (χ2v) is 5.97. The van der Waals surface area contributed by atoms with Crippen molar-refractivity contribution in [1.82, 2.24) is 0 Å². The monoisotopic (exact) mass is 294 g/mol. The molecule has 0 atom stereocenters. The smallest absolute Gasteiger partial charge is 0.0105 e. The summed E-state index contributed by atoms with van der Waals surface area (Å²) in [6.07, 6.45) is 0. The Kier molecular flexibility index (Phi) is 3.44. The van der Waals surface area contributed by atoms with Crippen LogP contribution in [0, 0.1) is 6.92 Å². The largest absolute Gasteiger partial charge is 0.0622 e. The van der Waals surface area contributed by atoms with E-state index in [9.17, 15) is 0 Å². The molecule has 23 heavy (non-hydrogen) atoms. The van der Waals surface area contributed by atoms with Gasteiger partial charge in [0.05, 0.1) is 0 Å². The van der Waals surface area contributed by atoms with Gasteiger partial charge in [-0.1, -0.05) is 96.6 Å². The molecule has 0 aromatic heterocycles. The van der Waals surface area contributed by atoms with E-state index in [0.717, 1.165) is 0 Å². The predicted octanol–water partition coefficient (Wildman–Crippen LogP) is 6.43. The molecular formula is C23H18. The molecule has 0 heterocycles. The Morgan fingerprint density at radius 2 is 0.870 bits per heavy atom. The normalized spacial score (nSPS) is 10.8. The number of hydrogen-bond donors (Lipinski definition) is 0. The fourth-order valence-electron chi connectivity index (χ4n) is 3.05. The molecular weight excluding hydrogens is 276 g/mol. The SMILES string of the molecule is Cc1ccc(-c2ccc(-c3ccc4cccccc3-4)cc2)cc1. The van der Waals surface area contributed by atoms with Crippen molar-refractivity contribution in [3.8, 4) is 33.4 Å². The average Bonchev–Trinajstić information content (AvgIpc) is 2.84. The van der Waals surface area contributed by atoms with E-state index >= 15 is 0 Å². The molecule has 2 aliphatic rings. The van der Waals surface area contributed by atoms with E-state index in [1.807, 2.05) is 0 Å². The minimum Gasteiger partial charge on any atom is -0.0622 e. The molecule has 0 heteroatoms. The quantitative estimate of drug-likeness (QED) is 0.399. The molecule has 0 bridgehead atoms. The Balaban J connectivity index is 1.72. The highest BCUT2D eigenvalue weighted by molar-refractivity contribution is 5.86. The van der Waals surface area contributed by atoms with Crippen molar-refractivity contribution < 1.29 is 0 Å². The van der Waals surface area contributed by atoms with Gasteiger partial charge in [0.25, 0.3) is 0 Å². The maximum Gasteiger partial charge on any atom is -0.0105 e. The van der Waals surface area contributed by atoms with Gasteiger partial charge < -0.3 is 0 Å². The maximum atomic E-state index is 2.22. The average molecular weight is 294 g/mol.